The van der Waals surface area contributed by atoms with E-state index in [4.69, 9.17) is 16.3 Å². The van der Waals surface area contributed by atoms with Crippen molar-refractivity contribution in [2.24, 2.45) is 5.92 Å². The average Bonchev–Trinajstić information content (AvgIpc) is 3.10. The SMILES string of the molecule is Fc1ccc(Cl)cc1CNC1CCOC1C1CC1. The van der Waals surface area contributed by atoms with E-state index in [1.54, 1.807) is 12.1 Å². The number of ether oxygens (including phenoxy) is 1. The summed E-state index contributed by atoms with van der Waals surface area (Å²) in [5.74, 6) is 0.517. The van der Waals surface area contributed by atoms with Crippen LogP contribution in [0.15, 0.2) is 18.2 Å². The van der Waals surface area contributed by atoms with Crippen LogP contribution in [0.5, 0.6) is 0 Å². The first-order valence-corrected chi connectivity index (χ1v) is 6.91. The number of hydrogen-bond acceptors (Lipinski definition) is 2. The highest BCUT2D eigenvalue weighted by molar-refractivity contribution is 6.30. The maximum atomic E-state index is 13.6. The van der Waals surface area contributed by atoms with E-state index in [0.717, 1.165) is 13.0 Å². The van der Waals surface area contributed by atoms with E-state index >= 15 is 0 Å². The first-order chi connectivity index (χ1) is 8.74. The molecule has 3 rings (SSSR count). The zero-order valence-electron chi connectivity index (χ0n) is 10.2. The third-order valence-corrected chi connectivity index (χ3v) is 4.02. The van der Waals surface area contributed by atoms with Crippen molar-refractivity contribution in [2.75, 3.05) is 6.61 Å². The maximum absolute atomic E-state index is 13.6. The molecule has 1 N–H and O–H groups in total. The van der Waals surface area contributed by atoms with Crippen LogP contribution in [-0.2, 0) is 11.3 Å². The lowest BCUT2D eigenvalue weighted by Crippen LogP contribution is -2.37. The van der Waals surface area contributed by atoms with Gasteiger partial charge in [0.15, 0.2) is 0 Å². The summed E-state index contributed by atoms with van der Waals surface area (Å²) in [4.78, 5) is 0. The summed E-state index contributed by atoms with van der Waals surface area (Å²) >= 11 is 5.88. The smallest absolute Gasteiger partial charge is 0.127 e. The van der Waals surface area contributed by atoms with Gasteiger partial charge in [-0.05, 0) is 43.4 Å². The summed E-state index contributed by atoms with van der Waals surface area (Å²) < 4.78 is 19.3. The molecule has 1 saturated heterocycles. The Morgan fingerprint density at radius 2 is 2.17 bits per heavy atom. The molecule has 0 bridgehead atoms. The van der Waals surface area contributed by atoms with Crippen LogP contribution in [0.25, 0.3) is 0 Å². The van der Waals surface area contributed by atoms with Crippen molar-refractivity contribution in [3.05, 3.63) is 34.6 Å². The lowest BCUT2D eigenvalue weighted by Gasteiger charge is -2.19. The van der Waals surface area contributed by atoms with E-state index in [1.165, 1.54) is 18.9 Å². The van der Waals surface area contributed by atoms with Crippen LogP contribution in [0.2, 0.25) is 5.02 Å². The fourth-order valence-corrected chi connectivity index (χ4v) is 2.83. The maximum Gasteiger partial charge on any atom is 0.127 e. The van der Waals surface area contributed by atoms with Crippen molar-refractivity contribution in [1.82, 2.24) is 5.32 Å². The van der Waals surface area contributed by atoms with Gasteiger partial charge in [-0.25, -0.2) is 4.39 Å². The molecule has 1 saturated carbocycles. The van der Waals surface area contributed by atoms with Gasteiger partial charge in [0.25, 0.3) is 0 Å². The molecule has 0 amide bonds. The van der Waals surface area contributed by atoms with Crippen LogP contribution >= 0.6 is 11.6 Å². The minimum atomic E-state index is -0.200. The first kappa shape index (κ1) is 12.4. The van der Waals surface area contributed by atoms with Crippen molar-refractivity contribution in [3.8, 4) is 0 Å². The summed E-state index contributed by atoms with van der Waals surface area (Å²) in [6.07, 6.45) is 3.89. The predicted molar refractivity (Wildman–Crippen MR) is 69.1 cm³/mol. The summed E-state index contributed by atoms with van der Waals surface area (Å²) in [7, 11) is 0. The summed E-state index contributed by atoms with van der Waals surface area (Å²) in [6, 6.07) is 5.04. The Labute approximate surface area is 111 Å². The molecule has 0 spiro atoms. The second kappa shape index (κ2) is 5.16. The number of benzene rings is 1. The van der Waals surface area contributed by atoms with Crippen molar-refractivity contribution >= 4 is 11.6 Å². The lowest BCUT2D eigenvalue weighted by atomic mass is 10.1. The largest absolute Gasteiger partial charge is 0.376 e. The van der Waals surface area contributed by atoms with Gasteiger partial charge in [0, 0.05) is 29.8 Å². The lowest BCUT2D eigenvalue weighted by molar-refractivity contribution is 0.0808. The molecule has 1 aliphatic heterocycles. The van der Waals surface area contributed by atoms with Gasteiger partial charge in [-0.3, -0.25) is 0 Å². The van der Waals surface area contributed by atoms with Gasteiger partial charge in [0.05, 0.1) is 6.10 Å². The Morgan fingerprint density at radius 3 is 2.94 bits per heavy atom. The van der Waals surface area contributed by atoms with Gasteiger partial charge in [-0.15, -0.1) is 0 Å². The predicted octanol–water partition coefficient (Wildman–Crippen LogP) is 3.14. The van der Waals surface area contributed by atoms with Gasteiger partial charge in [-0.2, -0.15) is 0 Å². The quantitative estimate of drug-likeness (QED) is 0.907. The highest BCUT2D eigenvalue weighted by Gasteiger charge is 2.40. The fourth-order valence-electron chi connectivity index (χ4n) is 2.64. The van der Waals surface area contributed by atoms with Crippen molar-refractivity contribution in [2.45, 2.75) is 38.0 Å². The van der Waals surface area contributed by atoms with E-state index in [1.807, 2.05) is 0 Å². The average molecular weight is 270 g/mol. The van der Waals surface area contributed by atoms with E-state index in [-0.39, 0.29) is 5.82 Å². The van der Waals surface area contributed by atoms with Gasteiger partial charge < -0.3 is 10.1 Å². The van der Waals surface area contributed by atoms with Gasteiger partial charge in [-0.1, -0.05) is 11.6 Å². The topological polar surface area (TPSA) is 21.3 Å². The molecule has 4 heteroatoms. The van der Waals surface area contributed by atoms with Crippen LogP contribution in [0.4, 0.5) is 4.39 Å². The molecule has 1 aliphatic carbocycles. The van der Waals surface area contributed by atoms with E-state index in [0.29, 0.717) is 35.2 Å². The summed E-state index contributed by atoms with van der Waals surface area (Å²) in [5.41, 5.74) is 0.629. The van der Waals surface area contributed by atoms with Crippen molar-refractivity contribution in [1.29, 1.82) is 0 Å². The normalized spacial score (nSPS) is 27.7. The van der Waals surface area contributed by atoms with Gasteiger partial charge >= 0.3 is 0 Å². The third kappa shape index (κ3) is 2.68. The molecular weight excluding hydrogens is 253 g/mol. The standard InChI is InChI=1S/C14H17ClFNO/c15-11-3-4-12(16)10(7-11)8-17-13-5-6-18-14(13)9-1-2-9/h3-4,7,9,13-14,17H,1-2,5-6,8H2. The molecule has 1 heterocycles. The monoisotopic (exact) mass is 269 g/mol. The number of nitrogens with one attached hydrogen (secondary N) is 1. The minimum absolute atomic E-state index is 0.200. The second-order valence-corrected chi connectivity index (χ2v) is 5.62. The Balaban J connectivity index is 1.61. The Bertz CT molecular complexity index is 436. The van der Waals surface area contributed by atoms with E-state index in [2.05, 4.69) is 5.32 Å². The number of rotatable bonds is 4. The molecule has 2 fully saturated rings. The van der Waals surface area contributed by atoms with Crippen LogP contribution in [0, 0.1) is 11.7 Å². The van der Waals surface area contributed by atoms with Crippen LogP contribution in [0.1, 0.15) is 24.8 Å². The fraction of sp³-hybridized carbons (Fsp3) is 0.571. The molecule has 1 aromatic carbocycles. The molecule has 2 aliphatic rings. The molecule has 98 valence electrons. The van der Waals surface area contributed by atoms with Crippen LogP contribution in [0.3, 0.4) is 0 Å². The van der Waals surface area contributed by atoms with Gasteiger partial charge in [0.2, 0.25) is 0 Å². The second-order valence-electron chi connectivity index (χ2n) is 5.18. The first-order valence-electron chi connectivity index (χ1n) is 6.53. The Hall–Kier alpha value is -0.640. The van der Waals surface area contributed by atoms with E-state index in [9.17, 15) is 4.39 Å². The third-order valence-electron chi connectivity index (χ3n) is 3.78. The number of halogens is 2. The molecule has 0 aromatic heterocycles. The van der Waals surface area contributed by atoms with Crippen molar-refractivity contribution < 1.29 is 9.13 Å². The van der Waals surface area contributed by atoms with Crippen LogP contribution in [-0.4, -0.2) is 18.8 Å². The molecule has 2 unspecified atom stereocenters. The summed E-state index contributed by atoms with van der Waals surface area (Å²) in [6.45, 7) is 1.33. The zero-order valence-corrected chi connectivity index (χ0v) is 10.9. The molecule has 2 atom stereocenters. The molecule has 2 nitrogen and oxygen atoms in total. The molecule has 18 heavy (non-hydrogen) atoms. The highest BCUT2D eigenvalue weighted by Crippen LogP contribution is 2.38. The van der Waals surface area contributed by atoms with Gasteiger partial charge in [0.1, 0.15) is 5.82 Å². The summed E-state index contributed by atoms with van der Waals surface area (Å²) in [5, 5.41) is 3.99. The van der Waals surface area contributed by atoms with E-state index < -0.39 is 0 Å². The minimum Gasteiger partial charge on any atom is -0.376 e. The number of hydrogen-bond donors (Lipinski definition) is 1. The van der Waals surface area contributed by atoms with Crippen molar-refractivity contribution in [3.63, 3.8) is 0 Å². The zero-order chi connectivity index (χ0) is 12.5. The van der Waals surface area contributed by atoms with Crippen LogP contribution < -0.4 is 5.32 Å². The molecule has 1 aromatic rings. The Morgan fingerprint density at radius 1 is 1.33 bits per heavy atom. The Kier molecular flexibility index (Phi) is 3.55. The highest BCUT2D eigenvalue weighted by atomic mass is 35.5. The molecule has 0 radical (unpaired) electrons. The molecular formula is C14H17ClFNO.